The predicted octanol–water partition coefficient (Wildman–Crippen LogP) is 16.0. The summed E-state index contributed by atoms with van der Waals surface area (Å²) in [5, 5.41) is 2.79. The van der Waals surface area contributed by atoms with Gasteiger partial charge in [-0.2, -0.15) is 0 Å². The normalized spacial score (nSPS) is 15.4. The average molecular weight is 786 g/mol. The molecule has 12 rings (SSSR count). The van der Waals surface area contributed by atoms with Gasteiger partial charge in [-0.1, -0.05) is 189 Å². The number of benzene rings is 8. The van der Waals surface area contributed by atoms with E-state index in [0.29, 0.717) is 0 Å². The van der Waals surface area contributed by atoms with Gasteiger partial charge in [-0.25, -0.2) is 0 Å². The Morgan fingerprint density at radius 2 is 0.885 bits per heavy atom. The minimum Gasteiger partial charge on any atom is -0.310 e. The molecular weight excluding hydrogens is 735 g/mol. The van der Waals surface area contributed by atoms with Gasteiger partial charge in [0.15, 0.2) is 0 Å². The van der Waals surface area contributed by atoms with Gasteiger partial charge in [-0.05, 0) is 141 Å². The first kappa shape index (κ1) is 36.4. The quantitative estimate of drug-likeness (QED) is 0.172. The van der Waals surface area contributed by atoms with E-state index in [1.54, 1.807) is 0 Å². The minimum atomic E-state index is -0.465. The molecule has 0 aromatic heterocycles. The molecule has 1 nitrogen and oxygen atoms in total. The van der Waals surface area contributed by atoms with E-state index < -0.39 is 5.41 Å². The number of anilines is 3. The van der Waals surface area contributed by atoms with Crippen LogP contribution in [-0.2, 0) is 21.7 Å². The molecule has 61 heavy (non-hydrogen) atoms. The third kappa shape index (κ3) is 4.73. The zero-order valence-electron chi connectivity index (χ0n) is 36.5. The van der Waals surface area contributed by atoms with Gasteiger partial charge < -0.3 is 4.90 Å². The van der Waals surface area contributed by atoms with E-state index in [9.17, 15) is 0 Å². The maximum absolute atomic E-state index is 2.52. The van der Waals surface area contributed by atoms with Gasteiger partial charge in [0.2, 0.25) is 0 Å². The molecule has 296 valence electrons. The molecule has 0 unspecified atom stereocenters. The highest BCUT2D eigenvalue weighted by molar-refractivity contribution is 6.16. The third-order valence-corrected chi connectivity index (χ3v) is 14.7. The van der Waals surface area contributed by atoms with Crippen LogP contribution in [0, 0.1) is 0 Å². The van der Waals surface area contributed by atoms with E-state index in [1.165, 1.54) is 117 Å². The maximum Gasteiger partial charge on any atom is 0.0725 e. The molecule has 0 fully saturated rings. The van der Waals surface area contributed by atoms with Gasteiger partial charge in [0, 0.05) is 16.8 Å². The van der Waals surface area contributed by atoms with Crippen LogP contribution >= 0.6 is 0 Å². The molecule has 0 bridgehead atoms. The number of rotatable bonds is 3. The lowest BCUT2D eigenvalue weighted by molar-refractivity contribution is 0.590. The number of hydrogen-bond acceptors (Lipinski definition) is 1. The molecule has 0 saturated heterocycles. The van der Waals surface area contributed by atoms with Crippen LogP contribution in [0.25, 0.3) is 56.3 Å². The average Bonchev–Trinajstić information content (AvgIpc) is 3.89. The van der Waals surface area contributed by atoms with Gasteiger partial charge in [0.1, 0.15) is 0 Å². The molecule has 4 aliphatic carbocycles. The van der Waals surface area contributed by atoms with Crippen molar-refractivity contribution < 1.29 is 0 Å². The second kappa shape index (κ2) is 12.1. The largest absolute Gasteiger partial charge is 0.310 e. The Kier molecular flexibility index (Phi) is 7.23. The Morgan fingerprint density at radius 3 is 1.46 bits per heavy atom. The molecule has 1 heteroatoms. The summed E-state index contributed by atoms with van der Waals surface area (Å²) in [6.07, 6.45) is 4.63. The van der Waals surface area contributed by atoms with Crippen molar-refractivity contribution in [1.29, 1.82) is 0 Å². The monoisotopic (exact) mass is 785 g/mol. The van der Waals surface area contributed by atoms with Crippen molar-refractivity contribution in [2.75, 3.05) is 4.90 Å². The summed E-state index contributed by atoms with van der Waals surface area (Å²) in [4.78, 5) is 2.52. The molecule has 8 aromatic carbocycles. The standard InChI is InChI=1S/C60H51N/c1-57(2,3)38-24-28-40(29-25-38)61(41-30-26-39(27-31-41)58(4,5)6)51-19-13-16-44-45-33-35-50-54(56(45)59(7,8)55(44)51)46-32-22-36-20-21-37-23-34-49(53(46)52(36)37)60(50)47-17-11-9-14-42(47)43-15-10-12-18-48(43)60/h9-35H,1-8H3. The highest BCUT2D eigenvalue weighted by Crippen LogP contribution is 2.66. The lowest BCUT2D eigenvalue weighted by atomic mass is 9.59. The van der Waals surface area contributed by atoms with Crippen LogP contribution in [0.1, 0.15) is 111 Å². The topological polar surface area (TPSA) is 3.24 Å². The van der Waals surface area contributed by atoms with Crippen LogP contribution < -0.4 is 4.90 Å². The molecule has 0 N–H and O–H groups in total. The summed E-state index contributed by atoms with van der Waals surface area (Å²) in [5.41, 5.74) is 24.6. The Bertz CT molecular complexity index is 3100. The van der Waals surface area contributed by atoms with Gasteiger partial charge in [-0.3, -0.25) is 0 Å². The van der Waals surface area contributed by atoms with Gasteiger partial charge >= 0.3 is 0 Å². The Hall–Kier alpha value is -6.44. The fourth-order valence-electron chi connectivity index (χ4n) is 11.9. The molecule has 0 aliphatic heterocycles. The molecular formula is C60H51N. The summed E-state index contributed by atoms with van der Waals surface area (Å²) in [6, 6.07) is 58.7. The Morgan fingerprint density at radius 1 is 0.393 bits per heavy atom. The smallest absolute Gasteiger partial charge is 0.0725 e. The summed E-state index contributed by atoms with van der Waals surface area (Å²) in [6.45, 7) is 18.8. The molecule has 0 saturated carbocycles. The lowest BCUT2D eigenvalue weighted by Gasteiger charge is -2.42. The first-order chi connectivity index (χ1) is 29.3. The summed E-state index contributed by atoms with van der Waals surface area (Å²) in [5.74, 6) is 0. The van der Waals surface area contributed by atoms with Crippen molar-refractivity contribution in [1.82, 2.24) is 0 Å². The molecule has 0 radical (unpaired) electrons. The molecule has 0 amide bonds. The zero-order valence-corrected chi connectivity index (χ0v) is 36.5. The van der Waals surface area contributed by atoms with Gasteiger partial charge in [0.05, 0.1) is 11.1 Å². The van der Waals surface area contributed by atoms with Crippen molar-refractivity contribution in [3.63, 3.8) is 0 Å². The van der Waals surface area contributed by atoms with E-state index in [4.69, 9.17) is 0 Å². The molecule has 0 heterocycles. The van der Waals surface area contributed by atoms with Crippen molar-refractivity contribution in [2.45, 2.75) is 77.0 Å². The van der Waals surface area contributed by atoms with Crippen LogP contribution in [0.15, 0.2) is 152 Å². The third-order valence-electron chi connectivity index (χ3n) is 14.7. The van der Waals surface area contributed by atoms with Crippen LogP contribution in [0.4, 0.5) is 17.1 Å². The highest BCUT2D eigenvalue weighted by Gasteiger charge is 2.53. The van der Waals surface area contributed by atoms with E-state index in [1.807, 2.05) is 0 Å². The molecule has 4 aliphatic rings. The number of fused-ring (bicyclic) bond motifs is 13. The molecule has 0 atom stereocenters. The summed E-state index contributed by atoms with van der Waals surface area (Å²) in [7, 11) is 0. The fraction of sp³-hybridized carbons (Fsp3) is 0.200. The minimum absolute atomic E-state index is 0.0602. The van der Waals surface area contributed by atoms with Crippen molar-refractivity contribution in [2.24, 2.45) is 0 Å². The van der Waals surface area contributed by atoms with E-state index in [0.717, 1.165) is 0 Å². The van der Waals surface area contributed by atoms with Crippen LogP contribution in [0.5, 0.6) is 0 Å². The van der Waals surface area contributed by atoms with Crippen LogP contribution in [-0.4, -0.2) is 0 Å². The first-order valence-corrected chi connectivity index (χ1v) is 22.1. The summed E-state index contributed by atoms with van der Waals surface area (Å²) >= 11 is 0. The highest BCUT2D eigenvalue weighted by atomic mass is 15.1. The van der Waals surface area contributed by atoms with Crippen molar-refractivity contribution in [3.05, 3.63) is 207 Å². The van der Waals surface area contributed by atoms with E-state index in [2.05, 4.69) is 224 Å². The molecule has 8 aromatic rings. The first-order valence-electron chi connectivity index (χ1n) is 22.1. The SMILES string of the molecule is CC(C)(C)c1ccc(N(c2ccc(C(C)(C)C)cc2)c2cccc3c2C(C)(C)c2c-3ccc3c2-c2ccc4c5c(ccc(c25)C32c3ccccc3-c3ccccc32)C=C4)cc1. The predicted molar refractivity (Wildman–Crippen MR) is 259 cm³/mol. The number of hydrogen-bond donors (Lipinski definition) is 0. The second-order valence-electron chi connectivity index (χ2n) is 20.5. The van der Waals surface area contributed by atoms with Crippen molar-refractivity contribution >= 4 is 40.0 Å². The van der Waals surface area contributed by atoms with Crippen LogP contribution in [0.3, 0.4) is 0 Å². The Labute approximate surface area is 361 Å². The number of nitrogens with zero attached hydrogens (tertiary/aromatic N) is 1. The summed E-state index contributed by atoms with van der Waals surface area (Å²) < 4.78 is 0. The van der Waals surface area contributed by atoms with E-state index in [-0.39, 0.29) is 16.2 Å². The maximum atomic E-state index is 2.52. The van der Waals surface area contributed by atoms with Gasteiger partial charge in [0.25, 0.3) is 0 Å². The van der Waals surface area contributed by atoms with Gasteiger partial charge in [-0.15, -0.1) is 0 Å². The molecule has 1 spiro atoms. The van der Waals surface area contributed by atoms with Crippen molar-refractivity contribution in [3.8, 4) is 33.4 Å². The second-order valence-corrected chi connectivity index (χ2v) is 20.5. The van der Waals surface area contributed by atoms with E-state index >= 15 is 0 Å². The zero-order chi connectivity index (χ0) is 41.8. The lowest BCUT2D eigenvalue weighted by Crippen LogP contribution is -2.33. The fourth-order valence-corrected chi connectivity index (χ4v) is 11.9. The Balaban J connectivity index is 1.15. The van der Waals surface area contributed by atoms with Crippen LogP contribution in [0.2, 0.25) is 0 Å².